The summed E-state index contributed by atoms with van der Waals surface area (Å²) >= 11 is 0. The van der Waals surface area contributed by atoms with Gasteiger partial charge < -0.3 is 28.6 Å². The van der Waals surface area contributed by atoms with E-state index in [0.29, 0.717) is 55.3 Å². The summed E-state index contributed by atoms with van der Waals surface area (Å²) in [5.74, 6) is 1.13. The molecule has 11 heteroatoms. The zero-order valence-electron chi connectivity index (χ0n) is 27.1. The SMILES string of the molecule is CON(C)C(=O)c1cc(C)cc2c1ccc(=O)n2CCN1CCC(N(Cc2ccc3c(c2)OCCO3)C(=O)OC(C)(C)C)CC1. The average molecular weight is 621 g/mol. The van der Waals surface area contributed by atoms with E-state index >= 15 is 0 Å². The number of carbonyl (C=O) groups is 2. The van der Waals surface area contributed by atoms with Gasteiger partial charge in [-0.05, 0) is 82.0 Å². The third-order valence-corrected chi connectivity index (χ3v) is 8.27. The summed E-state index contributed by atoms with van der Waals surface area (Å²) in [5.41, 5.74) is 2.32. The molecule has 1 fully saturated rings. The Balaban J connectivity index is 1.29. The Bertz CT molecular complexity index is 1600. The van der Waals surface area contributed by atoms with Gasteiger partial charge in [0.1, 0.15) is 18.8 Å². The van der Waals surface area contributed by atoms with Gasteiger partial charge in [0.2, 0.25) is 0 Å². The van der Waals surface area contributed by atoms with Crippen molar-refractivity contribution in [2.45, 2.75) is 65.3 Å². The summed E-state index contributed by atoms with van der Waals surface area (Å²) < 4.78 is 19.0. The predicted molar refractivity (Wildman–Crippen MR) is 171 cm³/mol. The first-order chi connectivity index (χ1) is 21.4. The van der Waals surface area contributed by atoms with Crippen molar-refractivity contribution in [1.82, 2.24) is 19.4 Å². The monoisotopic (exact) mass is 620 g/mol. The molecule has 0 saturated carbocycles. The van der Waals surface area contributed by atoms with Gasteiger partial charge in [-0.1, -0.05) is 6.07 Å². The molecule has 45 heavy (non-hydrogen) atoms. The number of benzene rings is 2. The Labute approximate surface area is 264 Å². The molecule has 11 nitrogen and oxygen atoms in total. The molecule has 1 aromatic heterocycles. The second kappa shape index (κ2) is 13.5. The number of likely N-dealkylation sites (tertiary alicyclic amines) is 1. The van der Waals surface area contributed by atoms with Crippen molar-refractivity contribution in [3.05, 3.63) is 69.5 Å². The van der Waals surface area contributed by atoms with Crippen molar-refractivity contribution in [3.63, 3.8) is 0 Å². The first-order valence-corrected chi connectivity index (χ1v) is 15.5. The van der Waals surface area contributed by atoms with Crippen molar-refractivity contribution >= 4 is 22.9 Å². The molecular weight excluding hydrogens is 576 g/mol. The number of hydrogen-bond acceptors (Lipinski definition) is 8. The molecule has 2 aromatic carbocycles. The highest BCUT2D eigenvalue weighted by molar-refractivity contribution is 6.06. The molecule has 3 aromatic rings. The predicted octanol–water partition coefficient (Wildman–Crippen LogP) is 4.62. The van der Waals surface area contributed by atoms with Crippen molar-refractivity contribution in [3.8, 4) is 11.5 Å². The molecule has 3 heterocycles. The van der Waals surface area contributed by atoms with Crippen LogP contribution in [0.1, 0.15) is 55.1 Å². The van der Waals surface area contributed by atoms with E-state index in [4.69, 9.17) is 19.0 Å². The van der Waals surface area contributed by atoms with Crippen LogP contribution in [0.25, 0.3) is 10.9 Å². The van der Waals surface area contributed by atoms with Gasteiger partial charge >= 0.3 is 6.09 Å². The number of hydroxylamine groups is 2. The van der Waals surface area contributed by atoms with Crippen molar-refractivity contribution in [2.24, 2.45) is 0 Å². The first-order valence-electron chi connectivity index (χ1n) is 15.5. The second-order valence-electron chi connectivity index (χ2n) is 12.7. The number of fused-ring (bicyclic) bond motifs is 2. The van der Waals surface area contributed by atoms with Crippen molar-refractivity contribution < 1.29 is 28.6 Å². The van der Waals surface area contributed by atoms with Crippen LogP contribution in [0.5, 0.6) is 11.5 Å². The maximum Gasteiger partial charge on any atom is 0.410 e. The maximum atomic E-state index is 13.4. The molecule has 0 unspecified atom stereocenters. The molecule has 5 rings (SSSR count). The number of nitrogens with zero attached hydrogens (tertiary/aromatic N) is 4. The highest BCUT2D eigenvalue weighted by Crippen LogP contribution is 2.32. The number of rotatable bonds is 8. The Morgan fingerprint density at radius 2 is 1.69 bits per heavy atom. The molecule has 0 atom stereocenters. The number of amides is 2. The molecule has 1 saturated heterocycles. The van der Waals surface area contributed by atoms with Crippen LogP contribution >= 0.6 is 0 Å². The molecule has 242 valence electrons. The summed E-state index contributed by atoms with van der Waals surface area (Å²) in [6.45, 7) is 11.6. The van der Waals surface area contributed by atoms with Gasteiger partial charge in [-0.2, -0.15) is 0 Å². The number of ether oxygens (including phenoxy) is 3. The highest BCUT2D eigenvalue weighted by Gasteiger charge is 2.32. The molecule has 2 aliphatic heterocycles. The van der Waals surface area contributed by atoms with Gasteiger partial charge in [0.15, 0.2) is 11.5 Å². The quantitative estimate of drug-likeness (QED) is 0.337. The molecular formula is C34H44N4O7. The minimum absolute atomic E-state index is 0.00132. The Morgan fingerprint density at radius 3 is 2.38 bits per heavy atom. The topological polar surface area (TPSA) is 103 Å². The summed E-state index contributed by atoms with van der Waals surface area (Å²) in [7, 11) is 3.01. The molecule has 0 bridgehead atoms. The van der Waals surface area contributed by atoms with E-state index in [0.717, 1.165) is 42.6 Å². The zero-order valence-corrected chi connectivity index (χ0v) is 27.1. The lowest BCUT2D eigenvalue weighted by Crippen LogP contribution is -2.49. The molecule has 0 aliphatic carbocycles. The number of carbonyl (C=O) groups excluding carboxylic acids is 2. The highest BCUT2D eigenvalue weighted by atomic mass is 16.7. The van der Waals surface area contributed by atoms with Crippen LogP contribution in [0.2, 0.25) is 0 Å². The van der Waals surface area contributed by atoms with E-state index in [9.17, 15) is 14.4 Å². The molecule has 0 radical (unpaired) electrons. The zero-order chi connectivity index (χ0) is 32.3. The van der Waals surface area contributed by atoms with Gasteiger partial charge in [0, 0.05) is 57.3 Å². The van der Waals surface area contributed by atoms with Gasteiger partial charge in [-0.25, -0.2) is 9.86 Å². The van der Waals surface area contributed by atoms with Crippen molar-refractivity contribution in [2.75, 3.05) is 47.0 Å². The summed E-state index contributed by atoms with van der Waals surface area (Å²) in [6, 6.07) is 12.8. The van der Waals surface area contributed by atoms with E-state index in [1.807, 2.05) is 62.9 Å². The van der Waals surface area contributed by atoms with Crippen LogP contribution in [-0.4, -0.2) is 90.1 Å². The summed E-state index contributed by atoms with van der Waals surface area (Å²) in [6.07, 6.45) is 1.21. The maximum absolute atomic E-state index is 13.4. The van der Waals surface area contributed by atoms with Gasteiger partial charge in [0.25, 0.3) is 11.5 Å². The summed E-state index contributed by atoms with van der Waals surface area (Å²) in [4.78, 5) is 48.7. The lowest BCUT2D eigenvalue weighted by molar-refractivity contribution is -0.0755. The summed E-state index contributed by atoms with van der Waals surface area (Å²) in [5, 5.41) is 1.89. The number of aryl methyl sites for hydroxylation is 1. The van der Waals surface area contributed by atoms with Crippen LogP contribution in [0.4, 0.5) is 4.79 Å². The lowest BCUT2D eigenvalue weighted by atomic mass is 10.0. The standard InChI is InChI=1S/C34H44N4O7/c1-23-19-27(32(40)35(5)42-6)26-8-10-31(39)37(28(26)20-23)16-15-36-13-11-25(12-14-36)38(33(41)45-34(2,3)4)22-24-7-9-29-30(21-24)44-18-17-43-29/h7-10,19-21,25H,11-18,22H2,1-6H3. The normalized spacial score (nSPS) is 15.6. The van der Waals surface area contributed by atoms with Crippen LogP contribution in [-0.2, 0) is 22.7 Å². The van der Waals surface area contributed by atoms with E-state index in [-0.39, 0.29) is 23.6 Å². The van der Waals surface area contributed by atoms with Crippen LogP contribution in [0.15, 0.2) is 47.3 Å². The van der Waals surface area contributed by atoms with Gasteiger partial charge in [-0.3, -0.25) is 14.4 Å². The second-order valence-corrected chi connectivity index (χ2v) is 12.7. The minimum atomic E-state index is -0.615. The minimum Gasteiger partial charge on any atom is -0.486 e. The third-order valence-electron chi connectivity index (χ3n) is 8.27. The van der Waals surface area contributed by atoms with Gasteiger partial charge in [-0.15, -0.1) is 0 Å². The van der Waals surface area contributed by atoms with E-state index < -0.39 is 5.60 Å². The molecule has 0 N–H and O–H groups in total. The van der Waals surface area contributed by atoms with E-state index in [1.165, 1.54) is 18.2 Å². The number of pyridine rings is 1. The smallest absolute Gasteiger partial charge is 0.410 e. The first kappa shape index (κ1) is 32.3. The van der Waals surface area contributed by atoms with Crippen LogP contribution in [0.3, 0.4) is 0 Å². The third kappa shape index (κ3) is 7.59. The average Bonchev–Trinajstić information content (AvgIpc) is 3.01. The molecule has 0 spiro atoms. The van der Waals surface area contributed by atoms with E-state index in [1.54, 1.807) is 17.7 Å². The number of piperidine rings is 1. The fraction of sp³-hybridized carbons (Fsp3) is 0.500. The van der Waals surface area contributed by atoms with Gasteiger partial charge in [0.05, 0.1) is 18.2 Å². The number of aromatic nitrogens is 1. The number of hydrogen-bond donors (Lipinski definition) is 0. The Morgan fingerprint density at radius 1 is 0.978 bits per heavy atom. The van der Waals surface area contributed by atoms with Crippen molar-refractivity contribution in [1.29, 1.82) is 0 Å². The Hall–Kier alpha value is -4.09. The lowest BCUT2D eigenvalue weighted by Gasteiger charge is -2.39. The molecule has 2 aliphatic rings. The van der Waals surface area contributed by atoms with E-state index in [2.05, 4.69) is 4.90 Å². The van der Waals surface area contributed by atoms with Crippen LogP contribution in [0, 0.1) is 6.92 Å². The fourth-order valence-electron chi connectivity index (χ4n) is 5.94. The Kier molecular flexibility index (Phi) is 9.69. The van der Waals surface area contributed by atoms with Crippen LogP contribution < -0.4 is 15.0 Å². The molecule has 2 amide bonds. The fourth-order valence-corrected chi connectivity index (χ4v) is 5.94. The largest absolute Gasteiger partial charge is 0.486 e.